The van der Waals surface area contributed by atoms with Crippen LogP contribution in [0.25, 0.3) is 0 Å². The summed E-state index contributed by atoms with van der Waals surface area (Å²) < 4.78 is 30.5. The molecule has 9 nitrogen and oxygen atoms in total. The standard InChI is InChI=1S/C15H20ClN3O6S/c1-4-18-14(21)9(2)19-13(20)8-25-15(22)11-7-10(5-6-12(11)16)26(23,24)17-3/h5-7,9,17H,4,8H2,1-3H3,(H,18,21)(H,19,20)/t9-/m1/s1. The van der Waals surface area contributed by atoms with Crippen LogP contribution in [0, 0.1) is 0 Å². The quantitative estimate of drug-likeness (QED) is 0.523. The van der Waals surface area contributed by atoms with Gasteiger partial charge in [0.05, 0.1) is 15.5 Å². The first-order valence-electron chi connectivity index (χ1n) is 7.59. The van der Waals surface area contributed by atoms with Crippen molar-refractivity contribution in [2.24, 2.45) is 0 Å². The maximum absolute atomic E-state index is 12.1. The van der Waals surface area contributed by atoms with E-state index in [0.717, 1.165) is 6.07 Å². The molecule has 0 spiro atoms. The lowest BCUT2D eigenvalue weighted by Crippen LogP contribution is -2.46. The maximum Gasteiger partial charge on any atom is 0.340 e. The summed E-state index contributed by atoms with van der Waals surface area (Å²) in [6, 6.07) is 2.71. The molecule has 0 aliphatic heterocycles. The fraction of sp³-hybridized carbons (Fsp3) is 0.400. The van der Waals surface area contributed by atoms with Crippen LogP contribution >= 0.6 is 11.6 Å². The Bertz CT molecular complexity index is 797. The van der Waals surface area contributed by atoms with Gasteiger partial charge in [-0.3, -0.25) is 9.59 Å². The second kappa shape index (κ2) is 9.51. The van der Waals surface area contributed by atoms with Crippen molar-refractivity contribution in [1.29, 1.82) is 0 Å². The van der Waals surface area contributed by atoms with Gasteiger partial charge in [0, 0.05) is 6.54 Å². The number of benzene rings is 1. The topological polar surface area (TPSA) is 131 Å². The van der Waals surface area contributed by atoms with Gasteiger partial charge in [-0.1, -0.05) is 11.6 Å². The lowest BCUT2D eigenvalue weighted by atomic mass is 10.2. The molecule has 2 amide bonds. The number of hydrogen-bond acceptors (Lipinski definition) is 6. The average Bonchev–Trinajstić information content (AvgIpc) is 2.60. The van der Waals surface area contributed by atoms with Crippen molar-refractivity contribution in [3.05, 3.63) is 28.8 Å². The van der Waals surface area contributed by atoms with Crippen LogP contribution in [0.3, 0.4) is 0 Å². The summed E-state index contributed by atoms with van der Waals surface area (Å²) in [7, 11) is -2.55. The second-order valence-electron chi connectivity index (χ2n) is 5.11. The number of sulfonamides is 1. The summed E-state index contributed by atoms with van der Waals surface area (Å²) in [6.07, 6.45) is 0. The van der Waals surface area contributed by atoms with Crippen LogP contribution in [0.4, 0.5) is 0 Å². The number of halogens is 1. The van der Waals surface area contributed by atoms with Gasteiger partial charge in [-0.15, -0.1) is 0 Å². The highest BCUT2D eigenvalue weighted by molar-refractivity contribution is 7.89. The van der Waals surface area contributed by atoms with Crippen molar-refractivity contribution in [3.8, 4) is 0 Å². The number of rotatable bonds is 8. The molecule has 0 fully saturated rings. The Labute approximate surface area is 156 Å². The molecule has 0 saturated carbocycles. The largest absolute Gasteiger partial charge is 0.452 e. The molecule has 1 atom stereocenters. The molecule has 144 valence electrons. The molecule has 0 radical (unpaired) electrons. The van der Waals surface area contributed by atoms with Crippen LogP contribution in [-0.4, -0.2) is 52.4 Å². The number of likely N-dealkylation sites (N-methyl/N-ethyl adjacent to an activating group) is 1. The van der Waals surface area contributed by atoms with Gasteiger partial charge >= 0.3 is 5.97 Å². The van der Waals surface area contributed by atoms with Crippen molar-refractivity contribution < 1.29 is 27.5 Å². The number of amides is 2. The van der Waals surface area contributed by atoms with Crippen LogP contribution in [0.15, 0.2) is 23.1 Å². The first-order chi connectivity index (χ1) is 12.1. The van der Waals surface area contributed by atoms with E-state index in [1.165, 1.54) is 26.1 Å². The highest BCUT2D eigenvalue weighted by Gasteiger charge is 2.20. The fourth-order valence-corrected chi connectivity index (χ4v) is 2.78. The molecule has 0 unspecified atom stereocenters. The minimum absolute atomic E-state index is 0.0267. The lowest BCUT2D eigenvalue weighted by molar-refractivity contribution is -0.130. The van der Waals surface area contributed by atoms with E-state index in [0.29, 0.717) is 6.54 Å². The minimum Gasteiger partial charge on any atom is -0.452 e. The van der Waals surface area contributed by atoms with E-state index < -0.39 is 34.5 Å². The predicted molar refractivity (Wildman–Crippen MR) is 94.3 cm³/mol. The normalized spacial score (nSPS) is 12.2. The van der Waals surface area contributed by atoms with Gasteiger partial charge < -0.3 is 15.4 Å². The number of ether oxygens (including phenoxy) is 1. The third-order valence-corrected chi connectivity index (χ3v) is 4.93. The summed E-state index contributed by atoms with van der Waals surface area (Å²) >= 11 is 5.89. The summed E-state index contributed by atoms with van der Waals surface area (Å²) in [5, 5.41) is 4.87. The SMILES string of the molecule is CCNC(=O)[C@@H](C)NC(=O)COC(=O)c1cc(S(=O)(=O)NC)ccc1Cl. The van der Waals surface area contributed by atoms with E-state index in [4.69, 9.17) is 16.3 Å². The average molecular weight is 406 g/mol. The van der Waals surface area contributed by atoms with Crippen LogP contribution in [0.1, 0.15) is 24.2 Å². The molecule has 0 saturated heterocycles. The number of esters is 1. The third kappa shape index (κ3) is 5.97. The Morgan fingerprint density at radius 3 is 2.50 bits per heavy atom. The van der Waals surface area contributed by atoms with Crippen LogP contribution < -0.4 is 15.4 Å². The maximum atomic E-state index is 12.1. The summed E-state index contributed by atoms with van der Waals surface area (Å²) in [5.74, 6) is -2.03. The summed E-state index contributed by atoms with van der Waals surface area (Å²) in [4.78, 5) is 35.2. The minimum atomic E-state index is -3.77. The van der Waals surface area contributed by atoms with Gasteiger partial charge in [0.1, 0.15) is 6.04 Å². The van der Waals surface area contributed by atoms with E-state index in [9.17, 15) is 22.8 Å². The Kier molecular flexibility index (Phi) is 8.00. The molecular weight excluding hydrogens is 386 g/mol. The zero-order chi connectivity index (χ0) is 19.9. The van der Waals surface area contributed by atoms with Gasteiger partial charge in [0.2, 0.25) is 15.9 Å². The highest BCUT2D eigenvalue weighted by atomic mass is 35.5. The Balaban J connectivity index is 2.75. The van der Waals surface area contributed by atoms with Crippen molar-refractivity contribution >= 4 is 39.4 Å². The molecule has 0 aliphatic carbocycles. The first-order valence-corrected chi connectivity index (χ1v) is 9.45. The van der Waals surface area contributed by atoms with E-state index in [-0.39, 0.29) is 21.4 Å². The van der Waals surface area contributed by atoms with Crippen LogP contribution in [0.2, 0.25) is 5.02 Å². The first kappa shape index (κ1) is 21.9. The Hall–Kier alpha value is -2.17. The molecule has 0 heterocycles. The number of hydrogen-bond donors (Lipinski definition) is 3. The van der Waals surface area contributed by atoms with Crippen molar-refractivity contribution in [3.63, 3.8) is 0 Å². The summed E-state index contributed by atoms with van der Waals surface area (Å²) in [5.41, 5.74) is -0.201. The molecular formula is C15H20ClN3O6S. The van der Waals surface area contributed by atoms with E-state index >= 15 is 0 Å². The summed E-state index contributed by atoms with van der Waals surface area (Å²) in [6.45, 7) is 2.98. The predicted octanol–water partition coefficient (Wildman–Crippen LogP) is 0.0457. The zero-order valence-corrected chi connectivity index (χ0v) is 16.0. The van der Waals surface area contributed by atoms with Crippen molar-refractivity contribution in [2.45, 2.75) is 24.8 Å². The number of nitrogens with one attached hydrogen (secondary N) is 3. The molecule has 1 aromatic rings. The van der Waals surface area contributed by atoms with Gasteiger partial charge in [0.25, 0.3) is 5.91 Å². The van der Waals surface area contributed by atoms with Crippen molar-refractivity contribution in [2.75, 3.05) is 20.2 Å². The van der Waals surface area contributed by atoms with E-state index in [1.807, 2.05) is 0 Å². The molecule has 3 N–H and O–H groups in total. The number of carbonyl (C=O) groups is 3. The number of carbonyl (C=O) groups excluding carboxylic acids is 3. The van der Waals surface area contributed by atoms with Crippen LogP contribution in [0.5, 0.6) is 0 Å². The molecule has 1 rings (SSSR count). The molecule has 1 aromatic carbocycles. The highest BCUT2D eigenvalue weighted by Crippen LogP contribution is 2.21. The molecule has 0 aliphatic rings. The zero-order valence-electron chi connectivity index (χ0n) is 14.5. The smallest absolute Gasteiger partial charge is 0.340 e. The lowest BCUT2D eigenvalue weighted by Gasteiger charge is -2.13. The van der Waals surface area contributed by atoms with E-state index in [2.05, 4.69) is 15.4 Å². The Morgan fingerprint density at radius 2 is 1.92 bits per heavy atom. The van der Waals surface area contributed by atoms with E-state index in [1.54, 1.807) is 6.92 Å². The molecule has 26 heavy (non-hydrogen) atoms. The monoisotopic (exact) mass is 405 g/mol. The Morgan fingerprint density at radius 1 is 1.27 bits per heavy atom. The van der Waals surface area contributed by atoms with Gasteiger partial charge in [0.15, 0.2) is 6.61 Å². The van der Waals surface area contributed by atoms with Gasteiger partial charge in [-0.05, 0) is 39.1 Å². The molecule has 0 aromatic heterocycles. The second-order valence-corrected chi connectivity index (χ2v) is 7.40. The van der Waals surface area contributed by atoms with Gasteiger partial charge in [-0.2, -0.15) is 0 Å². The third-order valence-electron chi connectivity index (χ3n) is 3.19. The van der Waals surface area contributed by atoms with Crippen molar-refractivity contribution in [1.82, 2.24) is 15.4 Å². The molecule has 0 bridgehead atoms. The molecule has 11 heteroatoms. The van der Waals surface area contributed by atoms with Crippen LogP contribution in [-0.2, 0) is 24.3 Å². The van der Waals surface area contributed by atoms with Gasteiger partial charge in [-0.25, -0.2) is 17.9 Å². The fourth-order valence-electron chi connectivity index (χ4n) is 1.83.